The van der Waals surface area contributed by atoms with Gasteiger partial charge in [0.15, 0.2) is 0 Å². The molecular formula is C35H66NO7P. The Labute approximate surface area is 269 Å². The summed E-state index contributed by atoms with van der Waals surface area (Å²) in [6.07, 6.45) is 34.8. The molecule has 0 aromatic heterocycles. The number of carbonyl (C=O) groups excluding carboxylic acids is 1. The van der Waals surface area contributed by atoms with Crippen molar-refractivity contribution < 1.29 is 32.8 Å². The Morgan fingerprint density at radius 2 is 1.20 bits per heavy atom. The molecule has 0 aromatic carbocycles. The first-order valence-corrected chi connectivity index (χ1v) is 19.0. The van der Waals surface area contributed by atoms with Gasteiger partial charge in [-0.15, -0.1) is 0 Å². The smallest absolute Gasteiger partial charge is 0.457 e. The molecule has 2 atom stereocenters. The normalized spacial score (nSPS) is 14.2. The Morgan fingerprint density at radius 3 is 1.84 bits per heavy atom. The highest BCUT2D eigenvalue weighted by molar-refractivity contribution is 7.47. The Balaban J connectivity index is 3.95. The van der Waals surface area contributed by atoms with Gasteiger partial charge in [0.05, 0.1) is 19.8 Å². The van der Waals surface area contributed by atoms with Crippen LogP contribution < -0.4 is 5.73 Å². The van der Waals surface area contributed by atoms with Crippen LogP contribution in [0.4, 0.5) is 0 Å². The Bertz CT molecular complexity index is 772. The predicted molar refractivity (Wildman–Crippen MR) is 183 cm³/mol. The first-order valence-electron chi connectivity index (χ1n) is 17.5. The molecule has 2 unspecified atom stereocenters. The largest absolute Gasteiger partial charge is 0.472 e. The molecule has 0 radical (unpaired) electrons. The van der Waals surface area contributed by atoms with Crippen molar-refractivity contribution in [2.75, 3.05) is 33.0 Å². The second kappa shape index (κ2) is 33.1. The van der Waals surface area contributed by atoms with Crippen LogP contribution in [0.25, 0.3) is 0 Å². The van der Waals surface area contributed by atoms with Gasteiger partial charge in [0.2, 0.25) is 0 Å². The lowest BCUT2D eigenvalue weighted by molar-refractivity contribution is -0.154. The highest BCUT2D eigenvalue weighted by Gasteiger charge is 2.25. The van der Waals surface area contributed by atoms with Gasteiger partial charge < -0.3 is 20.1 Å². The summed E-state index contributed by atoms with van der Waals surface area (Å²) in [5.41, 5.74) is 5.32. The highest BCUT2D eigenvalue weighted by Crippen LogP contribution is 2.43. The number of hydrogen-bond acceptors (Lipinski definition) is 7. The number of rotatable bonds is 33. The van der Waals surface area contributed by atoms with Crippen LogP contribution in [-0.4, -0.2) is 49.9 Å². The zero-order valence-corrected chi connectivity index (χ0v) is 29.0. The summed E-state index contributed by atoms with van der Waals surface area (Å²) in [7, 11) is -4.26. The van der Waals surface area contributed by atoms with Crippen molar-refractivity contribution in [2.24, 2.45) is 5.73 Å². The van der Waals surface area contributed by atoms with Crippen LogP contribution in [0.1, 0.15) is 142 Å². The summed E-state index contributed by atoms with van der Waals surface area (Å²) in [4.78, 5) is 22.1. The monoisotopic (exact) mass is 643 g/mol. The SMILES string of the molecule is CCCCC/C=C\C/C=C\C/C=C\CCCCCCCCCOCC(COP(=O)(O)OCCN)OC(=O)CCCCCCC. The first kappa shape index (κ1) is 42.7. The molecule has 0 aliphatic rings. The molecule has 0 heterocycles. The van der Waals surface area contributed by atoms with Gasteiger partial charge in [-0.05, 0) is 51.4 Å². The molecule has 0 aromatic rings. The lowest BCUT2D eigenvalue weighted by Crippen LogP contribution is -2.28. The molecule has 0 spiro atoms. The fourth-order valence-corrected chi connectivity index (χ4v) is 5.24. The van der Waals surface area contributed by atoms with Gasteiger partial charge in [-0.25, -0.2) is 4.57 Å². The molecule has 0 aliphatic carbocycles. The summed E-state index contributed by atoms with van der Waals surface area (Å²) in [6, 6.07) is 0. The molecule has 0 saturated carbocycles. The fourth-order valence-electron chi connectivity index (χ4n) is 4.47. The quantitative estimate of drug-likeness (QED) is 0.0314. The topological polar surface area (TPSA) is 117 Å². The number of nitrogens with two attached hydrogens (primary N) is 1. The molecule has 0 aliphatic heterocycles. The number of esters is 1. The summed E-state index contributed by atoms with van der Waals surface area (Å²) in [6.45, 7) is 4.76. The van der Waals surface area contributed by atoms with Gasteiger partial charge in [0.1, 0.15) is 6.10 Å². The number of carbonyl (C=O) groups is 1. The van der Waals surface area contributed by atoms with E-state index in [9.17, 15) is 14.3 Å². The number of ether oxygens (including phenoxy) is 2. The molecule has 0 saturated heterocycles. The molecular weight excluding hydrogens is 577 g/mol. The molecule has 9 heteroatoms. The molecule has 0 rings (SSSR count). The van der Waals surface area contributed by atoms with Crippen molar-refractivity contribution in [3.05, 3.63) is 36.5 Å². The molecule has 0 bridgehead atoms. The minimum Gasteiger partial charge on any atom is -0.457 e. The lowest BCUT2D eigenvalue weighted by Gasteiger charge is -2.20. The third-order valence-corrected chi connectivity index (χ3v) is 8.04. The maximum atomic E-state index is 12.3. The van der Waals surface area contributed by atoms with E-state index in [1.807, 2.05) is 0 Å². The average Bonchev–Trinajstić information content (AvgIpc) is 3.01. The number of unbranched alkanes of at least 4 members (excludes halogenated alkanes) is 14. The summed E-state index contributed by atoms with van der Waals surface area (Å²) in [5, 5.41) is 0. The Kier molecular flexibility index (Phi) is 32.1. The van der Waals surface area contributed by atoms with E-state index in [1.54, 1.807) is 0 Å². The summed E-state index contributed by atoms with van der Waals surface area (Å²) < 4.78 is 33.0. The van der Waals surface area contributed by atoms with Crippen molar-refractivity contribution >= 4 is 13.8 Å². The van der Waals surface area contributed by atoms with Crippen LogP contribution in [0.3, 0.4) is 0 Å². The molecule has 3 N–H and O–H groups in total. The Morgan fingerprint density at radius 1 is 0.682 bits per heavy atom. The number of allylic oxidation sites excluding steroid dienone is 6. The number of phosphoric acid groups is 1. The van der Waals surface area contributed by atoms with Crippen LogP contribution in [0, 0.1) is 0 Å². The molecule has 8 nitrogen and oxygen atoms in total. The van der Waals surface area contributed by atoms with E-state index < -0.39 is 13.9 Å². The van der Waals surface area contributed by atoms with E-state index in [0.29, 0.717) is 13.0 Å². The summed E-state index contributed by atoms with van der Waals surface area (Å²) >= 11 is 0. The average molecular weight is 644 g/mol. The van der Waals surface area contributed by atoms with E-state index in [1.165, 1.54) is 57.8 Å². The van der Waals surface area contributed by atoms with Gasteiger partial charge in [0, 0.05) is 19.6 Å². The van der Waals surface area contributed by atoms with Gasteiger partial charge in [-0.1, -0.05) is 121 Å². The molecule has 258 valence electrons. The van der Waals surface area contributed by atoms with Crippen molar-refractivity contribution in [1.82, 2.24) is 0 Å². The van der Waals surface area contributed by atoms with Gasteiger partial charge in [-0.3, -0.25) is 13.8 Å². The van der Waals surface area contributed by atoms with Crippen LogP contribution in [0.2, 0.25) is 0 Å². The standard InChI is InChI=1S/C35H66NO7P/c1-3-5-7-9-10-11-12-13-14-15-16-17-18-19-20-21-22-23-25-27-30-40-32-34(33-42-44(38,39)41-31-29-36)43-35(37)28-26-24-8-6-4-2/h10-11,13-14,16-17,34H,3-9,12,15,18-33,36H2,1-2H3,(H,38,39)/b11-10-,14-13-,17-16-. The minimum absolute atomic E-state index is 0.0980. The van der Waals surface area contributed by atoms with E-state index in [2.05, 4.69) is 50.3 Å². The number of phosphoric ester groups is 1. The van der Waals surface area contributed by atoms with Gasteiger partial charge in [-0.2, -0.15) is 0 Å². The number of hydrogen-bond donors (Lipinski definition) is 2. The zero-order chi connectivity index (χ0) is 32.4. The van der Waals surface area contributed by atoms with Gasteiger partial charge in [0.25, 0.3) is 0 Å². The summed E-state index contributed by atoms with van der Waals surface area (Å²) in [5.74, 6) is -0.349. The zero-order valence-electron chi connectivity index (χ0n) is 28.1. The third-order valence-electron chi connectivity index (χ3n) is 7.06. The molecule has 0 fully saturated rings. The van der Waals surface area contributed by atoms with E-state index in [0.717, 1.165) is 64.2 Å². The van der Waals surface area contributed by atoms with Crippen molar-refractivity contribution in [1.29, 1.82) is 0 Å². The molecule has 0 amide bonds. The van der Waals surface area contributed by atoms with E-state index in [-0.39, 0.29) is 32.3 Å². The van der Waals surface area contributed by atoms with Crippen molar-refractivity contribution in [3.8, 4) is 0 Å². The van der Waals surface area contributed by atoms with Crippen LogP contribution in [0.15, 0.2) is 36.5 Å². The molecule has 44 heavy (non-hydrogen) atoms. The maximum Gasteiger partial charge on any atom is 0.472 e. The second-order valence-electron chi connectivity index (χ2n) is 11.4. The predicted octanol–water partition coefficient (Wildman–Crippen LogP) is 9.52. The second-order valence-corrected chi connectivity index (χ2v) is 12.8. The lowest BCUT2D eigenvalue weighted by atomic mass is 10.1. The fraction of sp³-hybridized carbons (Fsp3) is 0.800. The van der Waals surface area contributed by atoms with E-state index in [4.69, 9.17) is 24.3 Å². The minimum atomic E-state index is -4.26. The van der Waals surface area contributed by atoms with Crippen LogP contribution >= 0.6 is 7.82 Å². The van der Waals surface area contributed by atoms with Crippen molar-refractivity contribution in [3.63, 3.8) is 0 Å². The van der Waals surface area contributed by atoms with Crippen molar-refractivity contribution in [2.45, 2.75) is 148 Å². The highest BCUT2D eigenvalue weighted by atomic mass is 31.2. The maximum absolute atomic E-state index is 12.3. The third kappa shape index (κ3) is 32.1. The first-order chi connectivity index (χ1) is 21.4. The van der Waals surface area contributed by atoms with Crippen LogP contribution in [0.5, 0.6) is 0 Å². The Hall–Kier alpha value is -1.28. The van der Waals surface area contributed by atoms with E-state index >= 15 is 0 Å². The van der Waals surface area contributed by atoms with Crippen LogP contribution in [-0.2, 0) is 27.9 Å². The van der Waals surface area contributed by atoms with Gasteiger partial charge >= 0.3 is 13.8 Å².